The second-order valence-corrected chi connectivity index (χ2v) is 7.67. The van der Waals surface area contributed by atoms with Crippen molar-refractivity contribution in [3.05, 3.63) is 23.8 Å². The Labute approximate surface area is 151 Å². The Morgan fingerprint density at radius 3 is 2.76 bits per heavy atom. The molecule has 2 aliphatic rings. The van der Waals surface area contributed by atoms with Crippen molar-refractivity contribution in [2.24, 2.45) is 17.8 Å². The summed E-state index contributed by atoms with van der Waals surface area (Å²) in [4.78, 5) is 10.6. The minimum Gasteiger partial charge on any atom is -0.481 e. The maximum atomic E-state index is 10.6. The zero-order chi connectivity index (χ0) is 18.1. The normalized spacial score (nSPS) is 29.0. The van der Waals surface area contributed by atoms with Crippen molar-refractivity contribution in [3.63, 3.8) is 0 Å². The number of hydrogen-bond donors (Lipinski definition) is 3. The topological polar surface area (TPSA) is 77.8 Å². The lowest BCUT2D eigenvalue weighted by molar-refractivity contribution is -0.137. The fraction of sp³-hybridized carbons (Fsp3) is 0.762. The molecule has 2 aliphatic carbocycles. The molecule has 0 bridgehead atoms. The third kappa shape index (κ3) is 6.59. The Kier molecular flexibility index (Phi) is 8.70. The predicted octanol–water partition coefficient (Wildman–Crippen LogP) is 4.07. The summed E-state index contributed by atoms with van der Waals surface area (Å²) in [5.74, 6) is 0.568. The Morgan fingerprint density at radius 1 is 1.20 bits per heavy atom. The SMILES string of the molecule is O=C(O)CCCC1=C[C@@H]2CC(O)C(C=CCCCCCCO)[C@H]2CC1. The summed E-state index contributed by atoms with van der Waals surface area (Å²) in [7, 11) is 0. The highest BCUT2D eigenvalue weighted by Gasteiger charge is 2.41. The minimum absolute atomic E-state index is 0.241. The van der Waals surface area contributed by atoms with Gasteiger partial charge in [-0.25, -0.2) is 0 Å². The Bertz CT molecular complexity index is 469. The smallest absolute Gasteiger partial charge is 0.303 e. The van der Waals surface area contributed by atoms with Crippen molar-refractivity contribution < 1.29 is 20.1 Å². The minimum atomic E-state index is -0.716. The lowest BCUT2D eigenvalue weighted by Gasteiger charge is -2.27. The highest BCUT2D eigenvalue weighted by molar-refractivity contribution is 5.66. The van der Waals surface area contributed by atoms with Crippen molar-refractivity contribution in [1.29, 1.82) is 0 Å². The summed E-state index contributed by atoms with van der Waals surface area (Å²) in [5, 5.41) is 28.0. The Hall–Kier alpha value is -1.13. The van der Waals surface area contributed by atoms with E-state index in [2.05, 4.69) is 18.2 Å². The molecule has 0 heterocycles. The lowest BCUT2D eigenvalue weighted by Crippen LogP contribution is -2.20. The molecule has 0 aromatic carbocycles. The number of fused-ring (bicyclic) bond motifs is 1. The molecule has 1 fully saturated rings. The van der Waals surface area contributed by atoms with E-state index >= 15 is 0 Å². The van der Waals surface area contributed by atoms with E-state index in [0.29, 0.717) is 18.4 Å². The van der Waals surface area contributed by atoms with E-state index in [-0.39, 0.29) is 18.4 Å². The number of carboxylic acid groups (broad SMARTS) is 1. The van der Waals surface area contributed by atoms with E-state index in [0.717, 1.165) is 64.2 Å². The largest absolute Gasteiger partial charge is 0.481 e. The van der Waals surface area contributed by atoms with Gasteiger partial charge in [-0.1, -0.05) is 36.6 Å². The molecule has 25 heavy (non-hydrogen) atoms. The zero-order valence-corrected chi connectivity index (χ0v) is 15.3. The first kappa shape index (κ1) is 20.2. The van der Waals surface area contributed by atoms with Crippen LogP contribution in [0.25, 0.3) is 0 Å². The highest BCUT2D eigenvalue weighted by Crippen LogP contribution is 2.46. The van der Waals surface area contributed by atoms with Gasteiger partial charge in [0.2, 0.25) is 0 Å². The molecule has 0 aromatic heterocycles. The number of allylic oxidation sites excluding steroid dienone is 3. The van der Waals surface area contributed by atoms with E-state index < -0.39 is 5.97 Å². The number of aliphatic carboxylic acids is 1. The van der Waals surface area contributed by atoms with Gasteiger partial charge in [-0.15, -0.1) is 0 Å². The summed E-state index contributed by atoms with van der Waals surface area (Å²) in [5.41, 5.74) is 1.39. The van der Waals surface area contributed by atoms with Crippen LogP contribution in [0.3, 0.4) is 0 Å². The monoisotopic (exact) mass is 350 g/mol. The van der Waals surface area contributed by atoms with E-state index in [9.17, 15) is 9.90 Å². The Balaban J connectivity index is 1.76. The average Bonchev–Trinajstić information content (AvgIpc) is 2.88. The molecule has 4 atom stereocenters. The first-order valence-electron chi connectivity index (χ1n) is 9.98. The van der Waals surface area contributed by atoms with Crippen LogP contribution in [0.15, 0.2) is 23.8 Å². The second-order valence-electron chi connectivity index (χ2n) is 7.67. The molecule has 2 unspecified atom stereocenters. The number of aliphatic hydroxyl groups excluding tert-OH is 2. The van der Waals surface area contributed by atoms with Crippen molar-refractivity contribution in [1.82, 2.24) is 0 Å². The lowest BCUT2D eigenvalue weighted by atomic mass is 9.78. The van der Waals surface area contributed by atoms with Gasteiger partial charge in [0.1, 0.15) is 0 Å². The molecule has 1 saturated carbocycles. The molecule has 0 amide bonds. The highest BCUT2D eigenvalue weighted by atomic mass is 16.4. The van der Waals surface area contributed by atoms with Crippen molar-refractivity contribution in [2.45, 2.75) is 76.7 Å². The van der Waals surface area contributed by atoms with Crippen LogP contribution in [0, 0.1) is 17.8 Å². The molecule has 4 nitrogen and oxygen atoms in total. The van der Waals surface area contributed by atoms with Gasteiger partial charge in [0.05, 0.1) is 6.10 Å². The quantitative estimate of drug-likeness (QED) is 0.388. The van der Waals surface area contributed by atoms with Gasteiger partial charge in [0, 0.05) is 18.9 Å². The van der Waals surface area contributed by atoms with Crippen LogP contribution in [-0.2, 0) is 4.79 Å². The summed E-state index contributed by atoms with van der Waals surface area (Å²) >= 11 is 0. The summed E-state index contributed by atoms with van der Waals surface area (Å²) < 4.78 is 0. The summed E-state index contributed by atoms with van der Waals surface area (Å²) in [6.07, 6.45) is 16.8. The van der Waals surface area contributed by atoms with E-state index in [1.807, 2.05) is 0 Å². The van der Waals surface area contributed by atoms with Gasteiger partial charge >= 0.3 is 5.97 Å². The first-order valence-corrected chi connectivity index (χ1v) is 9.98. The predicted molar refractivity (Wildman–Crippen MR) is 99.2 cm³/mol. The van der Waals surface area contributed by atoms with Crippen LogP contribution < -0.4 is 0 Å². The third-order valence-corrected chi connectivity index (χ3v) is 5.78. The van der Waals surface area contributed by atoms with Crippen molar-refractivity contribution in [3.8, 4) is 0 Å². The average molecular weight is 350 g/mol. The van der Waals surface area contributed by atoms with E-state index in [1.54, 1.807) is 0 Å². The van der Waals surface area contributed by atoms with Gasteiger partial charge < -0.3 is 15.3 Å². The third-order valence-electron chi connectivity index (χ3n) is 5.78. The maximum Gasteiger partial charge on any atom is 0.303 e. The number of unbranched alkanes of at least 4 members (excludes halogenated alkanes) is 4. The number of rotatable bonds is 11. The molecule has 0 aliphatic heterocycles. The number of hydrogen-bond acceptors (Lipinski definition) is 3. The molecule has 0 radical (unpaired) electrons. The maximum absolute atomic E-state index is 10.6. The molecule has 0 spiro atoms. The van der Waals surface area contributed by atoms with Crippen LogP contribution in [0.1, 0.15) is 70.6 Å². The fourth-order valence-corrected chi connectivity index (χ4v) is 4.44. The second kappa shape index (κ2) is 10.8. The zero-order valence-electron chi connectivity index (χ0n) is 15.3. The van der Waals surface area contributed by atoms with Crippen molar-refractivity contribution >= 4 is 5.97 Å². The van der Waals surface area contributed by atoms with Gasteiger partial charge in [-0.2, -0.15) is 0 Å². The first-order chi connectivity index (χ1) is 12.1. The standard InChI is InChI=1S/C21H34O4/c22-13-6-4-2-1-3-5-9-19-18-12-11-16(8-7-10-21(24)25)14-17(18)15-20(19)23/h5,9,14,17-20,22-23H,1-4,6-8,10-13,15H2,(H,24,25)/t17-,18+,19?,20?/m1/s1. The van der Waals surface area contributed by atoms with Gasteiger partial charge in [-0.3, -0.25) is 4.79 Å². The fourth-order valence-electron chi connectivity index (χ4n) is 4.44. The molecule has 0 saturated heterocycles. The Morgan fingerprint density at radius 2 is 2.00 bits per heavy atom. The van der Waals surface area contributed by atoms with Crippen LogP contribution in [0.2, 0.25) is 0 Å². The van der Waals surface area contributed by atoms with E-state index in [4.69, 9.17) is 10.2 Å². The number of carbonyl (C=O) groups is 1. The number of carboxylic acids is 1. The molecule has 3 N–H and O–H groups in total. The van der Waals surface area contributed by atoms with Gasteiger partial charge in [-0.05, 0) is 63.2 Å². The number of aliphatic hydroxyl groups is 2. The molecule has 4 heteroatoms. The summed E-state index contributed by atoms with van der Waals surface area (Å²) in [6, 6.07) is 0. The van der Waals surface area contributed by atoms with Gasteiger partial charge in [0.25, 0.3) is 0 Å². The molecular formula is C21H34O4. The van der Waals surface area contributed by atoms with Crippen LogP contribution in [0.4, 0.5) is 0 Å². The molecular weight excluding hydrogens is 316 g/mol. The summed E-state index contributed by atoms with van der Waals surface area (Å²) in [6.45, 7) is 0.291. The van der Waals surface area contributed by atoms with Crippen LogP contribution in [-0.4, -0.2) is 34.0 Å². The van der Waals surface area contributed by atoms with Crippen LogP contribution in [0.5, 0.6) is 0 Å². The van der Waals surface area contributed by atoms with Gasteiger partial charge in [0.15, 0.2) is 0 Å². The van der Waals surface area contributed by atoms with Crippen molar-refractivity contribution in [2.75, 3.05) is 6.61 Å². The molecule has 0 aromatic rings. The molecule has 2 rings (SSSR count). The van der Waals surface area contributed by atoms with Crippen LogP contribution >= 0.6 is 0 Å². The molecule has 142 valence electrons. The van der Waals surface area contributed by atoms with E-state index in [1.165, 1.54) is 5.57 Å².